The van der Waals surface area contributed by atoms with Crippen LogP contribution < -0.4 is 20.1 Å². The van der Waals surface area contributed by atoms with E-state index >= 15 is 0 Å². The molecule has 0 bridgehead atoms. The third-order valence-electron chi connectivity index (χ3n) is 3.05. The molecule has 0 saturated carbocycles. The van der Waals surface area contributed by atoms with E-state index in [1.165, 1.54) is 7.11 Å². The Bertz CT molecular complexity index is 519. The molecule has 0 spiro atoms. The first kappa shape index (κ1) is 17.6. The zero-order valence-electron chi connectivity index (χ0n) is 13.3. The Hall–Kier alpha value is -2.44. The van der Waals surface area contributed by atoms with Crippen LogP contribution >= 0.6 is 0 Å². The smallest absolute Gasteiger partial charge is 0.328 e. The molecule has 1 aromatic carbocycles. The Labute approximate surface area is 129 Å². The first-order chi connectivity index (χ1) is 10.5. The minimum Gasteiger partial charge on any atom is -0.493 e. The number of carbonyl (C=O) groups is 2. The summed E-state index contributed by atoms with van der Waals surface area (Å²) < 4.78 is 14.9. The molecule has 0 unspecified atom stereocenters. The maximum atomic E-state index is 11.6. The SMILES string of the molecule is COC(=O)[C@@H](C)NC(=O)NCCc1ccc(OC)c(OC)c1. The van der Waals surface area contributed by atoms with Gasteiger partial charge >= 0.3 is 12.0 Å². The standard InChI is InChI=1S/C15H22N2O5/c1-10(14(18)22-4)17-15(19)16-8-7-11-5-6-12(20-2)13(9-11)21-3/h5-6,9-10H,7-8H2,1-4H3,(H2,16,17,19)/t10-/m1/s1. The van der Waals surface area contributed by atoms with Crippen LogP contribution in [0, 0.1) is 0 Å². The van der Waals surface area contributed by atoms with Gasteiger partial charge in [0.15, 0.2) is 11.5 Å². The molecule has 1 aromatic rings. The second-order valence-corrected chi connectivity index (χ2v) is 4.58. The fourth-order valence-corrected chi connectivity index (χ4v) is 1.84. The van der Waals surface area contributed by atoms with Crippen molar-refractivity contribution in [1.82, 2.24) is 10.6 Å². The summed E-state index contributed by atoms with van der Waals surface area (Å²) in [6, 6.07) is 4.46. The molecule has 0 heterocycles. The van der Waals surface area contributed by atoms with Gasteiger partial charge in [-0.2, -0.15) is 0 Å². The number of methoxy groups -OCH3 is 3. The normalized spacial score (nSPS) is 11.3. The zero-order valence-corrected chi connectivity index (χ0v) is 13.3. The summed E-state index contributed by atoms with van der Waals surface area (Å²) in [5.41, 5.74) is 0.999. The second kappa shape index (κ2) is 8.76. The molecule has 0 aliphatic carbocycles. The zero-order chi connectivity index (χ0) is 16.5. The first-order valence-corrected chi connectivity index (χ1v) is 6.85. The number of nitrogens with one attached hydrogen (secondary N) is 2. The van der Waals surface area contributed by atoms with Gasteiger partial charge in [0.05, 0.1) is 21.3 Å². The van der Waals surface area contributed by atoms with Crippen molar-refractivity contribution < 1.29 is 23.8 Å². The van der Waals surface area contributed by atoms with Crippen LogP contribution in [0.5, 0.6) is 11.5 Å². The number of amides is 2. The predicted molar refractivity (Wildman–Crippen MR) is 81.3 cm³/mol. The van der Waals surface area contributed by atoms with Gasteiger partial charge in [-0.15, -0.1) is 0 Å². The van der Waals surface area contributed by atoms with E-state index < -0.39 is 18.0 Å². The van der Waals surface area contributed by atoms with E-state index in [1.807, 2.05) is 18.2 Å². The summed E-state index contributed by atoms with van der Waals surface area (Å²) >= 11 is 0. The van der Waals surface area contributed by atoms with E-state index in [4.69, 9.17) is 9.47 Å². The number of esters is 1. The van der Waals surface area contributed by atoms with Crippen molar-refractivity contribution in [3.8, 4) is 11.5 Å². The summed E-state index contributed by atoms with van der Waals surface area (Å²) in [6.45, 7) is 1.98. The first-order valence-electron chi connectivity index (χ1n) is 6.85. The molecule has 2 amide bonds. The molecule has 0 radical (unpaired) electrons. The van der Waals surface area contributed by atoms with E-state index in [2.05, 4.69) is 15.4 Å². The highest BCUT2D eigenvalue weighted by Gasteiger charge is 2.15. The number of urea groups is 1. The van der Waals surface area contributed by atoms with E-state index in [0.29, 0.717) is 24.5 Å². The van der Waals surface area contributed by atoms with E-state index in [0.717, 1.165) is 5.56 Å². The summed E-state index contributed by atoms with van der Waals surface area (Å²) in [7, 11) is 4.42. The van der Waals surface area contributed by atoms with Gasteiger partial charge in [-0.25, -0.2) is 9.59 Å². The highest BCUT2D eigenvalue weighted by Crippen LogP contribution is 2.27. The van der Waals surface area contributed by atoms with Gasteiger partial charge in [0, 0.05) is 6.54 Å². The third-order valence-corrected chi connectivity index (χ3v) is 3.05. The highest BCUT2D eigenvalue weighted by molar-refractivity contribution is 5.83. The van der Waals surface area contributed by atoms with Gasteiger partial charge in [0.1, 0.15) is 6.04 Å². The molecule has 22 heavy (non-hydrogen) atoms. The van der Waals surface area contributed by atoms with Crippen molar-refractivity contribution in [1.29, 1.82) is 0 Å². The Morgan fingerprint density at radius 3 is 2.41 bits per heavy atom. The fraction of sp³-hybridized carbons (Fsp3) is 0.467. The van der Waals surface area contributed by atoms with Crippen LogP contribution in [0.1, 0.15) is 12.5 Å². The average molecular weight is 310 g/mol. The fourth-order valence-electron chi connectivity index (χ4n) is 1.84. The Balaban J connectivity index is 2.44. The lowest BCUT2D eigenvalue weighted by molar-refractivity contribution is -0.142. The van der Waals surface area contributed by atoms with Crippen molar-refractivity contribution >= 4 is 12.0 Å². The Morgan fingerprint density at radius 1 is 1.14 bits per heavy atom. The van der Waals surface area contributed by atoms with Crippen LogP contribution in [0.2, 0.25) is 0 Å². The Kier molecular flexibility index (Phi) is 7.01. The molecule has 122 valence electrons. The lowest BCUT2D eigenvalue weighted by atomic mass is 10.1. The molecule has 1 rings (SSSR count). The van der Waals surface area contributed by atoms with Gasteiger partial charge in [0.2, 0.25) is 0 Å². The Morgan fingerprint density at radius 2 is 1.82 bits per heavy atom. The third kappa shape index (κ3) is 5.16. The van der Waals surface area contributed by atoms with Gasteiger partial charge in [0.25, 0.3) is 0 Å². The van der Waals surface area contributed by atoms with Crippen molar-refractivity contribution in [3.63, 3.8) is 0 Å². The van der Waals surface area contributed by atoms with Crippen LogP contribution in [0.3, 0.4) is 0 Å². The number of carbonyl (C=O) groups excluding carboxylic acids is 2. The van der Waals surface area contributed by atoms with E-state index in [-0.39, 0.29) is 0 Å². The van der Waals surface area contributed by atoms with Crippen LogP contribution in [0.4, 0.5) is 4.79 Å². The maximum Gasteiger partial charge on any atom is 0.328 e. The van der Waals surface area contributed by atoms with E-state index in [1.54, 1.807) is 21.1 Å². The average Bonchev–Trinajstić information content (AvgIpc) is 2.53. The lowest BCUT2D eigenvalue weighted by Gasteiger charge is -2.13. The van der Waals surface area contributed by atoms with Gasteiger partial charge in [-0.1, -0.05) is 6.07 Å². The van der Waals surface area contributed by atoms with E-state index in [9.17, 15) is 9.59 Å². The van der Waals surface area contributed by atoms with Crippen molar-refractivity contribution in [2.45, 2.75) is 19.4 Å². The summed E-state index contributed by atoms with van der Waals surface area (Å²) in [4.78, 5) is 22.8. The summed E-state index contributed by atoms with van der Waals surface area (Å²) in [5, 5.41) is 5.17. The molecular weight excluding hydrogens is 288 g/mol. The highest BCUT2D eigenvalue weighted by atomic mass is 16.5. The minimum atomic E-state index is -0.689. The summed E-state index contributed by atoms with van der Waals surface area (Å²) in [6.07, 6.45) is 0.625. The molecule has 7 heteroatoms. The minimum absolute atomic E-state index is 0.418. The molecule has 7 nitrogen and oxygen atoms in total. The second-order valence-electron chi connectivity index (χ2n) is 4.58. The molecule has 0 saturated heterocycles. The number of ether oxygens (including phenoxy) is 3. The lowest BCUT2D eigenvalue weighted by Crippen LogP contribution is -2.45. The molecule has 0 aromatic heterocycles. The topological polar surface area (TPSA) is 85.9 Å². The monoisotopic (exact) mass is 310 g/mol. The van der Waals surface area contributed by atoms with Crippen LogP contribution in [0.15, 0.2) is 18.2 Å². The van der Waals surface area contributed by atoms with Gasteiger partial charge < -0.3 is 24.8 Å². The van der Waals surface area contributed by atoms with Crippen LogP contribution in [0.25, 0.3) is 0 Å². The predicted octanol–water partition coefficient (Wildman–Crippen LogP) is 1.11. The molecule has 0 aliphatic rings. The van der Waals surface area contributed by atoms with Crippen molar-refractivity contribution in [2.75, 3.05) is 27.9 Å². The maximum absolute atomic E-state index is 11.6. The number of hydrogen-bond donors (Lipinski definition) is 2. The number of hydrogen-bond acceptors (Lipinski definition) is 5. The molecule has 0 aliphatic heterocycles. The van der Waals surface area contributed by atoms with Crippen LogP contribution in [-0.4, -0.2) is 45.9 Å². The van der Waals surface area contributed by atoms with Gasteiger partial charge in [-0.05, 0) is 31.0 Å². The van der Waals surface area contributed by atoms with Crippen molar-refractivity contribution in [2.24, 2.45) is 0 Å². The van der Waals surface area contributed by atoms with Crippen molar-refractivity contribution in [3.05, 3.63) is 23.8 Å². The quantitative estimate of drug-likeness (QED) is 0.737. The van der Waals surface area contributed by atoms with Crippen LogP contribution in [-0.2, 0) is 16.0 Å². The molecule has 0 fully saturated rings. The molecular formula is C15H22N2O5. The number of benzene rings is 1. The molecule has 2 N–H and O–H groups in total. The molecule has 1 atom stereocenters. The van der Waals surface area contributed by atoms with Gasteiger partial charge in [-0.3, -0.25) is 0 Å². The summed E-state index contributed by atoms with van der Waals surface area (Å²) in [5.74, 6) is 0.808. The largest absolute Gasteiger partial charge is 0.493 e. The number of rotatable bonds is 7.